The standard InChI is InChI=1S/C26H33N3O5S/c1-17(2)16-34-22-12-11-19(14-23(22)33-4)18(3)27-26(30)20-8-7-13-29(15-20)25-21-9-5-6-10-24(21)35(31,32)28-25/h5-6,9-12,14,17-18,20H,7-8,13,15-16H2,1-4H3,(H,27,30). The summed E-state index contributed by atoms with van der Waals surface area (Å²) in [5.74, 6) is 1.83. The Morgan fingerprint density at radius 2 is 1.94 bits per heavy atom. The summed E-state index contributed by atoms with van der Waals surface area (Å²) >= 11 is 0. The van der Waals surface area contributed by atoms with Crippen LogP contribution >= 0.6 is 0 Å². The van der Waals surface area contributed by atoms with Crippen molar-refractivity contribution in [2.24, 2.45) is 16.2 Å². The second-order valence-electron chi connectivity index (χ2n) is 9.52. The molecule has 0 aromatic heterocycles. The minimum atomic E-state index is -3.69. The van der Waals surface area contributed by atoms with Gasteiger partial charge in [0.1, 0.15) is 4.90 Å². The number of amides is 1. The number of nitrogens with one attached hydrogen (secondary N) is 1. The molecule has 0 saturated carbocycles. The lowest BCUT2D eigenvalue weighted by Gasteiger charge is -2.34. The van der Waals surface area contributed by atoms with Crippen molar-refractivity contribution in [1.82, 2.24) is 10.2 Å². The minimum Gasteiger partial charge on any atom is -0.493 e. The molecule has 35 heavy (non-hydrogen) atoms. The zero-order valence-corrected chi connectivity index (χ0v) is 21.5. The number of fused-ring (bicyclic) bond motifs is 1. The van der Waals surface area contributed by atoms with Crippen LogP contribution in [0, 0.1) is 11.8 Å². The highest BCUT2D eigenvalue weighted by molar-refractivity contribution is 7.90. The van der Waals surface area contributed by atoms with Crippen molar-refractivity contribution in [2.45, 2.75) is 44.6 Å². The second kappa shape index (κ2) is 10.3. The van der Waals surface area contributed by atoms with Crippen molar-refractivity contribution < 1.29 is 22.7 Å². The van der Waals surface area contributed by atoms with E-state index in [0.29, 0.717) is 48.5 Å². The zero-order valence-electron chi connectivity index (χ0n) is 20.7. The Bertz CT molecular complexity index is 1230. The number of benzene rings is 2. The lowest BCUT2D eigenvalue weighted by Crippen LogP contribution is -2.45. The number of carbonyl (C=O) groups excluding carboxylic acids is 1. The van der Waals surface area contributed by atoms with Gasteiger partial charge in [-0.1, -0.05) is 32.0 Å². The Labute approximate surface area is 207 Å². The fourth-order valence-corrected chi connectivity index (χ4v) is 5.67. The molecule has 2 aromatic carbocycles. The number of sulfonamides is 1. The van der Waals surface area contributed by atoms with Crippen LogP contribution in [0.5, 0.6) is 11.5 Å². The van der Waals surface area contributed by atoms with E-state index in [2.05, 4.69) is 23.6 Å². The molecule has 0 bridgehead atoms. The number of ether oxygens (including phenoxy) is 2. The van der Waals surface area contributed by atoms with Crippen molar-refractivity contribution in [3.8, 4) is 11.5 Å². The van der Waals surface area contributed by atoms with Crippen LogP contribution < -0.4 is 14.8 Å². The van der Waals surface area contributed by atoms with Crippen molar-refractivity contribution in [3.63, 3.8) is 0 Å². The molecule has 9 heteroatoms. The molecule has 2 atom stereocenters. The summed E-state index contributed by atoms with van der Waals surface area (Å²) in [6, 6.07) is 12.3. The largest absolute Gasteiger partial charge is 0.493 e. The van der Waals surface area contributed by atoms with Gasteiger partial charge in [0.25, 0.3) is 10.0 Å². The third kappa shape index (κ3) is 5.45. The molecule has 2 aliphatic rings. The summed E-state index contributed by atoms with van der Waals surface area (Å²) < 4.78 is 40.3. The summed E-state index contributed by atoms with van der Waals surface area (Å²) in [5, 5.41) is 3.11. The van der Waals surface area contributed by atoms with Crippen LogP contribution in [-0.2, 0) is 14.8 Å². The highest BCUT2D eigenvalue weighted by atomic mass is 32.2. The second-order valence-corrected chi connectivity index (χ2v) is 11.1. The molecule has 4 rings (SSSR count). The number of hydrogen-bond acceptors (Lipinski definition) is 6. The fourth-order valence-electron chi connectivity index (χ4n) is 4.44. The lowest BCUT2D eigenvalue weighted by molar-refractivity contribution is -0.126. The van der Waals surface area contributed by atoms with E-state index in [1.54, 1.807) is 31.4 Å². The third-order valence-electron chi connectivity index (χ3n) is 6.32. The van der Waals surface area contributed by atoms with Gasteiger partial charge in [0.15, 0.2) is 17.3 Å². The number of methoxy groups -OCH3 is 1. The minimum absolute atomic E-state index is 0.0592. The van der Waals surface area contributed by atoms with Crippen molar-refractivity contribution in [1.29, 1.82) is 0 Å². The quantitative estimate of drug-likeness (QED) is 0.623. The van der Waals surface area contributed by atoms with Crippen LogP contribution in [0.1, 0.15) is 50.8 Å². The van der Waals surface area contributed by atoms with Crippen molar-refractivity contribution in [3.05, 3.63) is 53.6 Å². The maximum atomic E-state index is 13.2. The number of amidine groups is 1. The van der Waals surface area contributed by atoms with Gasteiger partial charge in [0.2, 0.25) is 5.91 Å². The number of likely N-dealkylation sites (tertiary alicyclic amines) is 1. The van der Waals surface area contributed by atoms with Gasteiger partial charge in [0, 0.05) is 18.7 Å². The molecule has 2 heterocycles. The van der Waals surface area contributed by atoms with Crippen LogP contribution in [0.25, 0.3) is 0 Å². The van der Waals surface area contributed by atoms with Gasteiger partial charge in [-0.15, -0.1) is 4.40 Å². The van der Waals surface area contributed by atoms with Gasteiger partial charge in [-0.05, 0) is 55.5 Å². The number of hydrogen-bond donors (Lipinski definition) is 1. The van der Waals surface area contributed by atoms with Crippen LogP contribution in [0.2, 0.25) is 0 Å². The number of nitrogens with zero attached hydrogens (tertiary/aromatic N) is 2. The molecule has 8 nitrogen and oxygen atoms in total. The van der Waals surface area contributed by atoms with E-state index < -0.39 is 10.0 Å². The van der Waals surface area contributed by atoms with Gasteiger partial charge in [0.05, 0.1) is 25.7 Å². The molecule has 1 amide bonds. The Hall–Kier alpha value is -3.07. The van der Waals surface area contributed by atoms with E-state index in [1.807, 2.05) is 30.0 Å². The Kier molecular flexibility index (Phi) is 7.35. The lowest BCUT2D eigenvalue weighted by atomic mass is 9.95. The average molecular weight is 500 g/mol. The van der Waals surface area contributed by atoms with E-state index in [4.69, 9.17) is 9.47 Å². The zero-order chi connectivity index (χ0) is 25.2. The summed E-state index contributed by atoms with van der Waals surface area (Å²) in [4.78, 5) is 15.3. The van der Waals surface area contributed by atoms with E-state index in [0.717, 1.165) is 18.4 Å². The smallest absolute Gasteiger partial charge is 0.285 e. The van der Waals surface area contributed by atoms with Gasteiger partial charge < -0.3 is 19.7 Å². The maximum Gasteiger partial charge on any atom is 0.285 e. The van der Waals surface area contributed by atoms with Crippen LogP contribution in [0.15, 0.2) is 51.8 Å². The molecule has 2 unspecified atom stereocenters. The van der Waals surface area contributed by atoms with E-state index in [1.165, 1.54) is 0 Å². The molecule has 2 aromatic rings. The summed E-state index contributed by atoms with van der Waals surface area (Å²) in [6.07, 6.45) is 1.52. The van der Waals surface area contributed by atoms with E-state index in [-0.39, 0.29) is 22.8 Å². The fraction of sp³-hybridized carbons (Fsp3) is 0.462. The van der Waals surface area contributed by atoms with Crippen LogP contribution in [0.4, 0.5) is 0 Å². The van der Waals surface area contributed by atoms with Gasteiger partial charge >= 0.3 is 0 Å². The van der Waals surface area contributed by atoms with Gasteiger partial charge in [-0.25, -0.2) is 0 Å². The Morgan fingerprint density at radius 3 is 2.69 bits per heavy atom. The Balaban J connectivity index is 1.43. The predicted molar refractivity (Wildman–Crippen MR) is 134 cm³/mol. The first-order chi connectivity index (χ1) is 16.7. The molecular weight excluding hydrogens is 466 g/mol. The molecular formula is C26H33N3O5S. The molecule has 0 aliphatic carbocycles. The normalized spacial score (nSPS) is 19.6. The topological polar surface area (TPSA) is 97.3 Å². The summed E-state index contributed by atoms with van der Waals surface area (Å²) in [5.41, 5.74) is 1.52. The van der Waals surface area contributed by atoms with Crippen LogP contribution in [0.3, 0.4) is 0 Å². The number of rotatable bonds is 7. The first kappa shape index (κ1) is 25.0. The Morgan fingerprint density at radius 1 is 1.17 bits per heavy atom. The van der Waals surface area contributed by atoms with Crippen molar-refractivity contribution >= 4 is 21.8 Å². The first-order valence-electron chi connectivity index (χ1n) is 12.0. The molecule has 1 N–H and O–H groups in total. The molecule has 2 aliphatic heterocycles. The van der Waals surface area contributed by atoms with E-state index in [9.17, 15) is 13.2 Å². The summed E-state index contributed by atoms with van der Waals surface area (Å²) in [6.45, 7) is 7.79. The first-order valence-corrected chi connectivity index (χ1v) is 13.4. The summed E-state index contributed by atoms with van der Waals surface area (Å²) in [7, 11) is -2.09. The predicted octanol–water partition coefficient (Wildman–Crippen LogP) is 3.77. The molecule has 0 radical (unpaired) electrons. The van der Waals surface area contributed by atoms with Gasteiger partial charge in [-0.3, -0.25) is 4.79 Å². The molecule has 0 spiro atoms. The van der Waals surface area contributed by atoms with E-state index >= 15 is 0 Å². The maximum absolute atomic E-state index is 13.2. The number of carbonyl (C=O) groups is 1. The average Bonchev–Trinajstić information content (AvgIpc) is 3.13. The monoisotopic (exact) mass is 499 g/mol. The molecule has 1 saturated heterocycles. The molecule has 188 valence electrons. The highest BCUT2D eigenvalue weighted by Gasteiger charge is 2.35. The van der Waals surface area contributed by atoms with Crippen molar-refractivity contribution in [2.75, 3.05) is 26.8 Å². The van der Waals surface area contributed by atoms with Gasteiger partial charge in [-0.2, -0.15) is 8.42 Å². The highest BCUT2D eigenvalue weighted by Crippen LogP contribution is 2.32. The molecule has 1 fully saturated rings. The third-order valence-corrected chi connectivity index (χ3v) is 7.65. The number of piperidine rings is 1. The van der Waals surface area contributed by atoms with Crippen LogP contribution in [-0.4, -0.2) is 51.9 Å². The SMILES string of the molecule is COc1cc(C(C)NC(=O)C2CCCN(C3=NS(=O)(=O)c4ccccc43)C2)ccc1OCC(C)C.